The number of benzene rings is 1. The van der Waals surface area contributed by atoms with Crippen molar-refractivity contribution in [2.75, 3.05) is 52.4 Å². The average Bonchev–Trinajstić information content (AvgIpc) is 2.88. The Bertz CT molecular complexity index is 911. The van der Waals surface area contributed by atoms with Crippen molar-refractivity contribution in [1.82, 2.24) is 15.1 Å². The molecule has 33 heavy (non-hydrogen) atoms. The van der Waals surface area contributed by atoms with Gasteiger partial charge in [0.05, 0.1) is 27.0 Å². The van der Waals surface area contributed by atoms with Crippen LogP contribution >= 0.6 is 0 Å². The molecule has 4 rings (SSSR count). The van der Waals surface area contributed by atoms with Crippen LogP contribution in [0.1, 0.15) is 38.5 Å². The molecular weight excluding hydrogens is 420 g/mol. The van der Waals surface area contributed by atoms with E-state index < -0.39 is 0 Å². The van der Waals surface area contributed by atoms with Gasteiger partial charge in [-0.1, -0.05) is 19.3 Å². The second-order valence-corrected chi connectivity index (χ2v) is 8.77. The largest absolute Gasteiger partial charge is 0.493 e. The zero-order chi connectivity index (χ0) is 23.2. The minimum Gasteiger partial charge on any atom is -0.493 e. The highest BCUT2D eigenvalue weighted by atomic mass is 16.5. The molecule has 0 unspecified atom stereocenters. The smallest absolute Gasteiger partial charge is 0.222 e. The molecular formula is C25H34N4O4. The van der Waals surface area contributed by atoms with Crippen LogP contribution in [0.15, 0.2) is 24.3 Å². The van der Waals surface area contributed by atoms with Gasteiger partial charge in [-0.15, -0.1) is 10.2 Å². The SMILES string of the molecule is COc1cc(-c2ccc(N3CCN(C(=O)CC4CCCCC4)CC3)nn2)cc(OC)c1OC. The minimum absolute atomic E-state index is 0.311. The van der Waals surface area contributed by atoms with Gasteiger partial charge in [-0.3, -0.25) is 4.79 Å². The number of piperazine rings is 1. The third kappa shape index (κ3) is 5.31. The number of aromatic nitrogens is 2. The van der Waals surface area contributed by atoms with Crippen molar-refractivity contribution in [3.63, 3.8) is 0 Å². The van der Waals surface area contributed by atoms with Crippen LogP contribution in [0.5, 0.6) is 17.2 Å². The van der Waals surface area contributed by atoms with E-state index in [4.69, 9.17) is 14.2 Å². The summed E-state index contributed by atoms with van der Waals surface area (Å²) in [5, 5.41) is 8.89. The van der Waals surface area contributed by atoms with E-state index in [1.54, 1.807) is 21.3 Å². The number of amides is 1. The molecule has 0 bridgehead atoms. The lowest BCUT2D eigenvalue weighted by molar-refractivity contribution is -0.132. The Morgan fingerprint density at radius 2 is 1.58 bits per heavy atom. The number of methoxy groups -OCH3 is 3. The quantitative estimate of drug-likeness (QED) is 0.630. The number of anilines is 1. The molecule has 0 atom stereocenters. The van der Waals surface area contributed by atoms with Crippen molar-refractivity contribution < 1.29 is 19.0 Å². The molecule has 2 heterocycles. The van der Waals surface area contributed by atoms with Crippen molar-refractivity contribution in [1.29, 1.82) is 0 Å². The first kappa shape index (κ1) is 23.1. The molecule has 0 spiro atoms. The Hall–Kier alpha value is -3.03. The van der Waals surface area contributed by atoms with Crippen LogP contribution in [0.25, 0.3) is 11.3 Å². The topological polar surface area (TPSA) is 77.0 Å². The van der Waals surface area contributed by atoms with E-state index in [1.165, 1.54) is 32.1 Å². The summed E-state index contributed by atoms with van der Waals surface area (Å²) in [6.07, 6.45) is 7.00. The third-order valence-electron chi connectivity index (χ3n) is 6.76. The Labute approximate surface area is 195 Å². The maximum atomic E-state index is 12.7. The summed E-state index contributed by atoms with van der Waals surface area (Å²) in [6, 6.07) is 7.65. The van der Waals surface area contributed by atoms with Crippen molar-refractivity contribution >= 4 is 11.7 Å². The predicted octanol–water partition coefficient (Wildman–Crippen LogP) is 3.79. The summed E-state index contributed by atoms with van der Waals surface area (Å²) < 4.78 is 16.3. The fraction of sp³-hybridized carbons (Fsp3) is 0.560. The van der Waals surface area contributed by atoms with Crippen LogP contribution < -0.4 is 19.1 Å². The number of carbonyl (C=O) groups is 1. The number of rotatable bonds is 7. The van der Waals surface area contributed by atoms with Crippen molar-refractivity contribution in [3.05, 3.63) is 24.3 Å². The molecule has 8 nitrogen and oxygen atoms in total. The van der Waals surface area contributed by atoms with E-state index in [0.717, 1.165) is 43.3 Å². The molecule has 1 aliphatic carbocycles. The standard InChI is InChI=1S/C25H34N4O4/c1-31-21-16-19(17-22(32-2)25(21)33-3)20-9-10-23(27-26-20)28-11-13-29(14-12-28)24(30)15-18-7-5-4-6-8-18/h9-10,16-18H,4-8,11-15H2,1-3H3. The molecule has 1 saturated heterocycles. The maximum Gasteiger partial charge on any atom is 0.222 e. The first-order valence-corrected chi connectivity index (χ1v) is 11.8. The Kier molecular flexibility index (Phi) is 7.52. The van der Waals surface area contributed by atoms with Gasteiger partial charge in [-0.2, -0.15) is 0 Å². The lowest BCUT2D eigenvalue weighted by Crippen LogP contribution is -2.49. The number of hydrogen-bond acceptors (Lipinski definition) is 7. The van der Waals surface area contributed by atoms with Gasteiger partial charge in [0.25, 0.3) is 0 Å². The van der Waals surface area contributed by atoms with Gasteiger partial charge < -0.3 is 24.0 Å². The highest BCUT2D eigenvalue weighted by Crippen LogP contribution is 2.40. The molecule has 1 aliphatic heterocycles. The zero-order valence-electron chi connectivity index (χ0n) is 19.9. The lowest BCUT2D eigenvalue weighted by atomic mass is 9.86. The minimum atomic E-state index is 0.311. The number of nitrogens with zero attached hydrogens (tertiary/aromatic N) is 4. The molecule has 1 aromatic carbocycles. The predicted molar refractivity (Wildman–Crippen MR) is 127 cm³/mol. The van der Waals surface area contributed by atoms with E-state index >= 15 is 0 Å². The van der Waals surface area contributed by atoms with Crippen LogP contribution in [-0.4, -0.2) is 68.5 Å². The van der Waals surface area contributed by atoms with Gasteiger partial charge in [0.2, 0.25) is 11.7 Å². The van der Waals surface area contributed by atoms with Gasteiger partial charge in [0, 0.05) is 38.2 Å². The molecule has 178 valence electrons. The van der Waals surface area contributed by atoms with Gasteiger partial charge >= 0.3 is 0 Å². The first-order chi connectivity index (χ1) is 16.1. The molecule has 0 N–H and O–H groups in total. The van der Waals surface area contributed by atoms with Crippen LogP contribution in [0.4, 0.5) is 5.82 Å². The molecule has 2 aromatic rings. The summed E-state index contributed by atoms with van der Waals surface area (Å²) >= 11 is 0. The van der Waals surface area contributed by atoms with E-state index in [2.05, 4.69) is 15.1 Å². The summed E-state index contributed by atoms with van der Waals surface area (Å²) in [4.78, 5) is 16.9. The van der Waals surface area contributed by atoms with E-state index in [0.29, 0.717) is 35.5 Å². The van der Waals surface area contributed by atoms with Gasteiger partial charge in [0.1, 0.15) is 0 Å². The number of hydrogen-bond donors (Lipinski definition) is 0. The molecule has 1 amide bonds. The molecule has 2 fully saturated rings. The first-order valence-electron chi connectivity index (χ1n) is 11.8. The van der Waals surface area contributed by atoms with Gasteiger partial charge in [-0.25, -0.2) is 0 Å². The fourth-order valence-electron chi connectivity index (χ4n) is 4.83. The van der Waals surface area contributed by atoms with Crippen molar-refractivity contribution in [2.24, 2.45) is 5.92 Å². The maximum absolute atomic E-state index is 12.7. The van der Waals surface area contributed by atoms with Crippen LogP contribution in [-0.2, 0) is 4.79 Å². The molecule has 0 radical (unpaired) electrons. The zero-order valence-corrected chi connectivity index (χ0v) is 19.9. The van der Waals surface area contributed by atoms with Crippen LogP contribution in [0.2, 0.25) is 0 Å². The summed E-state index contributed by atoms with van der Waals surface area (Å²) in [6.45, 7) is 3.02. The summed E-state index contributed by atoms with van der Waals surface area (Å²) in [5.74, 6) is 3.41. The van der Waals surface area contributed by atoms with E-state index in [-0.39, 0.29) is 0 Å². The van der Waals surface area contributed by atoms with E-state index in [1.807, 2.05) is 29.2 Å². The average molecular weight is 455 g/mol. The van der Waals surface area contributed by atoms with Gasteiger partial charge in [-0.05, 0) is 43.0 Å². The second-order valence-electron chi connectivity index (χ2n) is 8.77. The summed E-state index contributed by atoms with van der Waals surface area (Å²) in [5.41, 5.74) is 1.56. The normalized spacial score (nSPS) is 17.1. The Morgan fingerprint density at radius 3 is 2.12 bits per heavy atom. The fourth-order valence-corrected chi connectivity index (χ4v) is 4.83. The molecule has 1 aromatic heterocycles. The number of carbonyl (C=O) groups excluding carboxylic acids is 1. The highest BCUT2D eigenvalue weighted by Gasteiger charge is 2.25. The Balaban J connectivity index is 1.38. The second kappa shape index (κ2) is 10.7. The van der Waals surface area contributed by atoms with Crippen molar-refractivity contribution in [3.8, 4) is 28.5 Å². The lowest BCUT2D eigenvalue weighted by Gasteiger charge is -2.36. The van der Waals surface area contributed by atoms with Crippen LogP contribution in [0, 0.1) is 5.92 Å². The molecule has 8 heteroatoms. The highest BCUT2D eigenvalue weighted by molar-refractivity contribution is 5.76. The molecule has 1 saturated carbocycles. The monoisotopic (exact) mass is 454 g/mol. The number of ether oxygens (including phenoxy) is 3. The van der Waals surface area contributed by atoms with Crippen LogP contribution in [0.3, 0.4) is 0 Å². The van der Waals surface area contributed by atoms with Gasteiger partial charge in [0.15, 0.2) is 17.3 Å². The Morgan fingerprint density at radius 1 is 0.909 bits per heavy atom. The third-order valence-corrected chi connectivity index (χ3v) is 6.76. The summed E-state index contributed by atoms with van der Waals surface area (Å²) in [7, 11) is 4.77. The van der Waals surface area contributed by atoms with E-state index in [9.17, 15) is 4.79 Å². The molecule has 2 aliphatic rings. The van der Waals surface area contributed by atoms with Crippen molar-refractivity contribution in [2.45, 2.75) is 38.5 Å².